The van der Waals surface area contributed by atoms with Crippen LogP contribution < -0.4 is 33.6 Å². The van der Waals surface area contributed by atoms with Crippen molar-refractivity contribution < 1.29 is 9.59 Å². The smallest absolute Gasteiger partial charge is 0.250 e. The van der Waals surface area contributed by atoms with E-state index in [1.165, 1.54) is 18.3 Å². The molecule has 0 unspecified atom stereocenters. The van der Waals surface area contributed by atoms with Crippen LogP contribution in [0, 0.1) is 0 Å². The van der Waals surface area contributed by atoms with Gasteiger partial charge in [-0.25, -0.2) is 4.98 Å². The summed E-state index contributed by atoms with van der Waals surface area (Å²) in [5, 5.41) is 6.18. The lowest BCUT2D eigenvalue weighted by atomic mass is 10.1. The van der Waals surface area contributed by atoms with Crippen LogP contribution in [0.5, 0.6) is 0 Å². The summed E-state index contributed by atoms with van der Waals surface area (Å²) in [5.74, 6) is -0.663. The number of benzene rings is 1. The zero-order chi connectivity index (χ0) is 20.0. The molecule has 142 valence electrons. The van der Waals surface area contributed by atoms with Gasteiger partial charge in [-0.05, 0) is 34.1 Å². The van der Waals surface area contributed by atoms with Crippen molar-refractivity contribution >= 4 is 50.6 Å². The molecule has 0 bridgehead atoms. The summed E-state index contributed by atoms with van der Waals surface area (Å²) in [5.41, 5.74) is 24.2. The maximum Gasteiger partial charge on any atom is 0.250 e. The topological polar surface area (TPSA) is 175 Å². The molecule has 0 aliphatic heterocycles. The van der Waals surface area contributed by atoms with Crippen molar-refractivity contribution in [2.45, 2.75) is 0 Å². The molecule has 27 heavy (non-hydrogen) atoms. The van der Waals surface area contributed by atoms with Gasteiger partial charge in [-0.1, -0.05) is 12.2 Å². The van der Waals surface area contributed by atoms with E-state index in [9.17, 15) is 9.59 Å². The number of anilines is 4. The van der Waals surface area contributed by atoms with E-state index in [0.29, 0.717) is 46.0 Å². The molecule has 0 fully saturated rings. The van der Waals surface area contributed by atoms with Crippen molar-refractivity contribution in [3.8, 4) is 0 Å². The van der Waals surface area contributed by atoms with Crippen LogP contribution in [0.2, 0.25) is 0 Å². The largest absolute Gasteiger partial charge is 0.397 e. The lowest BCUT2D eigenvalue weighted by Crippen LogP contribution is -2.13. The normalized spacial score (nSPS) is 10.7. The van der Waals surface area contributed by atoms with Crippen molar-refractivity contribution in [3.63, 3.8) is 0 Å². The first-order valence-corrected chi connectivity index (χ1v) is 8.65. The molecule has 10 heteroatoms. The van der Waals surface area contributed by atoms with Crippen LogP contribution in [0.25, 0.3) is 0 Å². The number of nitrogens with zero attached hydrogens (tertiary/aromatic N) is 1. The van der Waals surface area contributed by atoms with Crippen molar-refractivity contribution in [2.24, 2.45) is 11.5 Å². The Balaban J connectivity index is 1.87. The number of hydrogen-bond donors (Lipinski definition) is 6. The second kappa shape index (κ2) is 8.90. The molecule has 0 saturated heterocycles. The summed E-state index contributed by atoms with van der Waals surface area (Å²) in [7, 11) is 0. The Hall–Kier alpha value is -3.27. The van der Waals surface area contributed by atoms with Gasteiger partial charge in [-0.15, -0.1) is 0 Å². The van der Waals surface area contributed by atoms with E-state index in [1.54, 1.807) is 6.07 Å². The third-order valence-corrected chi connectivity index (χ3v) is 4.18. The summed E-state index contributed by atoms with van der Waals surface area (Å²) >= 11 is 3.36. The van der Waals surface area contributed by atoms with Gasteiger partial charge in [-0.3, -0.25) is 9.59 Å². The second-order valence-electron chi connectivity index (χ2n) is 5.55. The number of primary amides is 2. The molecule has 2 rings (SSSR count). The average Bonchev–Trinajstić information content (AvgIpc) is 2.60. The highest BCUT2D eigenvalue weighted by Gasteiger charge is 2.09. The third-order valence-electron chi connectivity index (χ3n) is 3.56. The molecule has 0 radical (unpaired) electrons. The molecule has 2 amide bonds. The van der Waals surface area contributed by atoms with Gasteiger partial charge in [-0.2, -0.15) is 0 Å². The molecule has 2 aromatic rings. The van der Waals surface area contributed by atoms with Crippen molar-refractivity contribution in [1.82, 2.24) is 4.98 Å². The van der Waals surface area contributed by atoms with Crippen molar-refractivity contribution in [3.05, 3.63) is 52.1 Å². The Kier molecular flexibility index (Phi) is 6.61. The first-order valence-electron chi connectivity index (χ1n) is 7.86. The summed E-state index contributed by atoms with van der Waals surface area (Å²) in [4.78, 5) is 26.3. The summed E-state index contributed by atoms with van der Waals surface area (Å²) in [6.45, 7) is 0.982. The number of aromatic nitrogens is 1. The molecular formula is C17H20BrN7O2. The van der Waals surface area contributed by atoms with Crippen LogP contribution in [-0.4, -0.2) is 29.9 Å². The molecular weight excluding hydrogens is 414 g/mol. The molecule has 1 aromatic heterocycles. The zero-order valence-corrected chi connectivity index (χ0v) is 15.9. The van der Waals surface area contributed by atoms with Gasteiger partial charge in [0.2, 0.25) is 11.8 Å². The Bertz CT molecular complexity index is 876. The molecule has 1 heterocycles. The van der Waals surface area contributed by atoms with Gasteiger partial charge in [0.1, 0.15) is 5.82 Å². The van der Waals surface area contributed by atoms with Gasteiger partial charge >= 0.3 is 0 Å². The van der Waals surface area contributed by atoms with E-state index in [-0.39, 0.29) is 5.56 Å². The highest BCUT2D eigenvalue weighted by molar-refractivity contribution is 9.10. The number of nitrogen functional groups attached to an aromatic ring is 2. The highest BCUT2D eigenvalue weighted by atomic mass is 79.9. The fourth-order valence-corrected chi connectivity index (χ4v) is 2.82. The fourth-order valence-electron chi connectivity index (χ4n) is 2.20. The monoisotopic (exact) mass is 433 g/mol. The molecule has 0 atom stereocenters. The Morgan fingerprint density at radius 1 is 0.963 bits per heavy atom. The number of amides is 2. The van der Waals surface area contributed by atoms with Crippen LogP contribution in [0.15, 0.2) is 41.0 Å². The Morgan fingerprint density at radius 2 is 1.56 bits per heavy atom. The number of nitrogens with one attached hydrogen (secondary N) is 2. The number of hydrogen-bond acceptors (Lipinski definition) is 7. The summed E-state index contributed by atoms with van der Waals surface area (Å²) < 4.78 is 0.648. The predicted octanol–water partition coefficient (Wildman–Crippen LogP) is 1.29. The van der Waals surface area contributed by atoms with Crippen LogP contribution in [0.3, 0.4) is 0 Å². The first kappa shape index (κ1) is 20.0. The maximum atomic E-state index is 11.2. The predicted molar refractivity (Wildman–Crippen MR) is 110 cm³/mol. The lowest BCUT2D eigenvalue weighted by molar-refractivity contribution is 0.0991. The molecule has 1 aromatic carbocycles. The summed E-state index contributed by atoms with van der Waals surface area (Å²) in [6.07, 6.45) is 5.12. The van der Waals surface area contributed by atoms with Crippen LogP contribution in [0.1, 0.15) is 20.7 Å². The molecule has 0 spiro atoms. The lowest BCUT2D eigenvalue weighted by Gasteiger charge is -2.11. The van der Waals surface area contributed by atoms with E-state index in [2.05, 4.69) is 31.5 Å². The van der Waals surface area contributed by atoms with Gasteiger partial charge in [0.25, 0.3) is 0 Å². The third kappa shape index (κ3) is 5.35. The molecule has 0 aliphatic carbocycles. The van der Waals surface area contributed by atoms with E-state index in [0.717, 1.165) is 0 Å². The zero-order valence-electron chi connectivity index (χ0n) is 14.3. The highest BCUT2D eigenvalue weighted by Crippen LogP contribution is 2.30. The maximum absolute atomic E-state index is 11.2. The molecule has 0 saturated carbocycles. The van der Waals surface area contributed by atoms with E-state index >= 15 is 0 Å². The minimum Gasteiger partial charge on any atom is -0.397 e. The number of halogens is 1. The van der Waals surface area contributed by atoms with Gasteiger partial charge in [0.05, 0.1) is 22.6 Å². The van der Waals surface area contributed by atoms with Crippen molar-refractivity contribution in [1.29, 1.82) is 0 Å². The van der Waals surface area contributed by atoms with E-state index < -0.39 is 11.8 Å². The SMILES string of the molecule is NC(=O)c1cnc(NC/C=C/CNc2c(N)cc(C(N)=O)cc2Br)c(N)c1. The number of carbonyl (C=O) groups is 2. The molecule has 0 aliphatic rings. The van der Waals surface area contributed by atoms with Crippen molar-refractivity contribution in [2.75, 3.05) is 35.2 Å². The first-order chi connectivity index (χ1) is 12.8. The minimum absolute atomic E-state index is 0.253. The molecule has 10 N–H and O–H groups in total. The standard InChI is InChI=1S/C17H20BrN7O2/c18-11-5-9(15(21)26)6-12(19)14(11)23-3-1-2-4-24-17-13(20)7-10(8-25-17)16(22)27/h1-2,5-8,23H,3-4,19-20H2,(H2,21,26)(H2,22,27)(H,24,25)/b2-1+. The van der Waals surface area contributed by atoms with E-state index in [1.807, 2.05) is 12.2 Å². The molecule has 9 nitrogen and oxygen atoms in total. The average molecular weight is 434 g/mol. The number of pyridine rings is 1. The number of nitrogens with two attached hydrogens (primary N) is 4. The quantitative estimate of drug-likeness (QED) is 0.268. The Morgan fingerprint density at radius 3 is 2.11 bits per heavy atom. The van der Waals surface area contributed by atoms with Gasteiger partial charge in [0.15, 0.2) is 0 Å². The van der Waals surface area contributed by atoms with Crippen LogP contribution in [-0.2, 0) is 0 Å². The van der Waals surface area contributed by atoms with E-state index in [4.69, 9.17) is 22.9 Å². The summed E-state index contributed by atoms with van der Waals surface area (Å²) in [6, 6.07) is 4.60. The fraction of sp³-hybridized carbons (Fsp3) is 0.118. The Labute approximate surface area is 164 Å². The number of carbonyl (C=O) groups excluding carboxylic acids is 2. The van der Waals surface area contributed by atoms with Crippen LogP contribution in [0.4, 0.5) is 22.9 Å². The number of rotatable bonds is 8. The van der Waals surface area contributed by atoms with Gasteiger partial charge in [0, 0.05) is 29.3 Å². The minimum atomic E-state index is -0.582. The second-order valence-corrected chi connectivity index (χ2v) is 6.40. The van der Waals surface area contributed by atoms with Gasteiger partial charge < -0.3 is 33.6 Å². The van der Waals surface area contributed by atoms with Crippen LogP contribution >= 0.6 is 15.9 Å².